The number of anilines is 2. The van der Waals surface area contributed by atoms with E-state index in [1.807, 2.05) is 12.1 Å². The molecule has 0 heterocycles. The molecule has 2 aromatic rings. The minimum absolute atomic E-state index is 0.653. The van der Waals surface area contributed by atoms with Crippen molar-refractivity contribution in [1.82, 2.24) is 0 Å². The molecule has 0 atom stereocenters. The van der Waals surface area contributed by atoms with Gasteiger partial charge in [-0.25, -0.2) is 0 Å². The van der Waals surface area contributed by atoms with Gasteiger partial charge in [0.15, 0.2) is 0 Å². The SMILES string of the molecule is CC1CCC(C2CCC(c3ccc(Cc4cccc(N)c4)cc3N)CC2)CC1. The standard InChI is InChI=1S/C26H36N2/c1-18-5-8-21(9-6-18)22-10-12-23(13-11-22)25-14-7-20(17-26(25)28)15-19-3-2-4-24(27)16-19/h2-4,7,14,16-18,21-23H,5-6,8-13,15,27-28H2,1H3. The maximum absolute atomic E-state index is 6.50. The molecule has 0 aliphatic heterocycles. The van der Waals surface area contributed by atoms with Gasteiger partial charge in [-0.3, -0.25) is 0 Å². The van der Waals surface area contributed by atoms with Crippen molar-refractivity contribution in [3.63, 3.8) is 0 Å². The predicted molar refractivity (Wildman–Crippen MR) is 120 cm³/mol. The average Bonchev–Trinajstić information content (AvgIpc) is 2.69. The van der Waals surface area contributed by atoms with Gasteiger partial charge in [0.25, 0.3) is 0 Å². The molecule has 150 valence electrons. The first-order valence-electron chi connectivity index (χ1n) is 11.3. The molecule has 4 N–H and O–H groups in total. The fourth-order valence-corrected chi connectivity index (χ4v) is 5.70. The molecule has 0 radical (unpaired) electrons. The van der Waals surface area contributed by atoms with E-state index in [1.165, 1.54) is 68.1 Å². The smallest absolute Gasteiger partial charge is 0.0352 e. The Morgan fingerprint density at radius 1 is 0.750 bits per heavy atom. The second-order valence-electron chi connectivity index (χ2n) is 9.52. The minimum atomic E-state index is 0.653. The zero-order chi connectivity index (χ0) is 19.5. The number of benzene rings is 2. The van der Waals surface area contributed by atoms with E-state index in [0.717, 1.165) is 35.5 Å². The van der Waals surface area contributed by atoms with Gasteiger partial charge in [0, 0.05) is 11.4 Å². The van der Waals surface area contributed by atoms with Crippen LogP contribution in [0.5, 0.6) is 0 Å². The summed E-state index contributed by atoms with van der Waals surface area (Å²) < 4.78 is 0. The van der Waals surface area contributed by atoms with Crippen LogP contribution in [-0.4, -0.2) is 0 Å². The molecular formula is C26H36N2. The van der Waals surface area contributed by atoms with Crippen LogP contribution in [-0.2, 0) is 6.42 Å². The Morgan fingerprint density at radius 3 is 2.04 bits per heavy atom. The monoisotopic (exact) mass is 376 g/mol. The van der Waals surface area contributed by atoms with Crippen LogP contribution in [0, 0.1) is 17.8 Å². The highest BCUT2D eigenvalue weighted by atomic mass is 14.6. The van der Waals surface area contributed by atoms with Crippen molar-refractivity contribution in [2.24, 2.45) is 17.8 Å². The topological polar surface area (TPSA) is 52.0 Å². The molecule has 2 fully saturated rings. The molecule has 0 amide bonds. The van der Waals surface area contributed by atoms with E-state index in [9.17, 15) is 0 Å². The Hall–Kier alpha value is -1.96. The summed E-state index contributed by atoms with van der Waals surface area (Å²) in [7, 11) is 0. The van der Waals surface area contributed by atoms with Crippen molar-refractivity contribution >= 4 is 11.4 Å². The second-order valence-corrected chi connectivity index (χ2v) is 9.52. The van der Waals surface area contributed by atoms with Gasteiger partial charge < -0.3 is 11.5 Å². The first-order chi connectivity index (χ1) is 13.6. The van der Waals surface area contributed by atoms with Crippen LogP contribution < -0.4 is 11.5 Å². The lowest BCUT2D eigenvalue weighted by Crippen LogP contribution is -2.25. The lowest BCUT2D eigenvalue weighted by molar-refractivity contribution is 0.165. The van der Waals surface area contributed by atoms with Crippen LogP contribution in [0.1, 0.15) is 80.9 Å². The lowest BCUT2D eigenvalue weighted by atomic mass is 9.68. The Bertz CT molecular complexity index is 781. The summed E-state index contributed by atoms with van der Waals surface area (Å²) in [6.07, 6.45) is 12.2. The molecule has 0 bridgehead atoms. The van der Waals surface area contributed by atoms with Gasteiger partial charge in [-0.05, 0) is 104 Å². The highest BCUT2D eigenvalue weighted by Gasteiger charge is 2.30. The maximum Gasteiger partial charge on any atom is 0.0352 e. The highest BCUT2D eigenvalue weighted by Crippen LogP contribution is 2.44. The summed E-state index contributed by atoms with van der Waals surface area (Å²) in [5, 5.41) is 0. The van der Waals surface area contributed by atoms with Crippen LogP contribution in [0.3, 0.4) is 0 Å². The molecule has 28 heavy (non-hydrogen) atoms. The third kappa shape index (κ3) is 4.54. The van der Waals surface area contributed by atoms with Crippen molar-refractivity contribution in [2.45, 2.75) is 70.6 Å². The van der Waals surface area contributed by atoms with Crippen molar-refractivity contribution in [2.75, 3.05) is 11.5 Å². The van der Waals surface area contributed by atoms with Crippen LogP contribution in [0.2, 0.25) is 0 Å². The first kappa shape index (κ1) is 19.4. The summed E-state index contributed by atoms with van der Waals surface area (Å²) in [6.45, 7) is 2.42. The van der Waals surface area contributed by atoms with Crippen LogP contribution in [0.15, 0.2) is 42.5 Å². The van der Waals surface area contributed by atoms with Gasteiger partial charge in [0.1, 0.15) is 0 Å². The van der Waals surface area contributed by atoms with Gasteiger partial charge in [0.05, 0.1) is 0 Å². The van der Waals surface area contributed by atoms with Crippen LogP contribution >= 0.6 is 0 Å². The van der Waals surface area contributed by atoms with Gasteiger partial charge in [0.2, 0.25) is 0 Å². The van der Waals surface area contributed by atoms with Crippen molar-refractivity contribution in [3.8, 4) is 0 Å². The number of rotatable bonds is 4. The molecular weight excluding hydrogens is 340 g/mol. The fraction of sp³-hybridized carbons (Fsp3) is 0.538. The van der Waals surface area contributed by atoms with Crippen LogP contribution in [0.25, 0.3) is 0 Å². The minimum Gasteiger partial charge on any atom is -0.399 e. The van der Waals surface area contributed by atoms with Crippen molar-refractivity contribution < 1.29 is 0 Å². The summed E-state index contributed by atoms with van der Waals surface area (Å²) in [6, 6.07) is 14.9. The number of nitrogen functional groups attached to an aromatic ring is 2. The molecule has 2 aliphatic carbocycles. The largest absolute Gasteiger partial charge is 0.399 e. The Labute approximate surface area is 170 Å². The molecule has 4 rings (SSSR count). The highest BCUT2D eigenvalue weighted by molar-refractivity contribution is 5.52. The van der Waals surface area contributed by atoms with E-state index in [2.05, 4.69) is 37.3 Å². The normalized spacial score (nSPS) is 28.2. The Kier molecular flexibility index (Phi) is 5.94. The van der Waals surface area contributed by atoms with E-state index in [1.54, 1.807) is 0 Å². The molecule has 2 heteroatoms. The molecule has 2 nitrogen and oxygen atoms in total. The average molecular weight is 377 g/mol. The molecule has 0 aromatic heterocycles. The molecule has 2 saturated carbocycles. The van der Waals surface area contributed by atoms with Gasteiger partial charge in [-0.15, -0.1) is 0 Å². The number of nitrogens with two attached hydrogens (primary N) is 2. The third-order valence-electron chi connectivity index (χ3n) is 7.45. The first-order valence-corrected chi connectivity index (χ1v) is 11.3. The third-order valence-corrected chi connectivity index (χ3v) is 7.45. The van der Waals surface area contributed by atoms with E-state index < -0.39 is 0 Å². The van der Waals surface area contributed by atoms with Crippen LogP contribution in [0.4, 0.5) is 11.4 Å². The molecule has 0 spiro atoms. The lowest BCUT2D eigenvalue weighted by Gasteiger charge is -2.37. The summed E-state index contributed by atoms with van der Waals surface area (Å²) in [4.78, 5) is 0. The second kappa shape index (κ2) is 8.59. The number of hydrogen-bond donors (Lipinski definition) is 2. The Morgan fingerprint density at radius 2 is 1.39 bits per heavy atom. The number of hydrogen-bond acceptors (Lipinski definition) is 2. The zero-order valence-corrected chi connectivity index (χ0v) is 17.4. The van der Waals surface area contributed by atoms with E-state index in [-0.39, 0.29) is 0 Å². The van der Waals surface area contributed by atoms with E-state index >= 15 is 0 Å². The van der Waals surface area contributed by atoms with Gasteiger partial charge in [-0.1, -0.05) is 44.0 Å². The molecule has 0 saturated heterocycles. The summed E-state index contributed by atoms with van der Waals surface area (Å²) in [5.74, 6) is 3.57. The maximum atomic E-state index is 6.50. The molecule has 2 aromatic carbocycles. The fourth-order valence-electron chi connectivity index (χ4n) is 5.70. The van der Waals surface area contributed by atoms with Crippen molar-refractivity contribution in [1.29, 1.82) is 0 Å². The van der Waals surface area contributed by atoms with E-state index in [4.69, 9.17) is 11.5 Å². The zero-order valence-electron chi connectivity index (χ0n) is 17.4. The van der Waals surface area contributed by atoms with Crippen molar-refractivity contribution in [3.05, 3.63) is 59.2 Å². The van der Waals surface area contributed by atoms with Gasteiger partial charge in [-0.2, -0.15) is 0 Å². The molecule has 2 aliphatic rings. The quantitative estimate of drug-likeness (QED) is 0.595. The molecule has 0 unspecified atom stereocenters. The summed E-state index contributed by atoms with van der Waals surface area (Å²) >= 11 is 0. The Balaban J connectivity index is 1.36. The summed E-state index contributed by atoms with van der Waals surface area (Å²) in [5.41, 5.74) is 18.1. The predicted octanol–water partition coefficient (Wildman–Crippen LogP) is 6.54. The van der Waals surface area contributed by atoms with E-state index in [0.29, 0.717) is 5.92 Å². The van der Waals surface area contributed by atoms with Gasteiger partial charge >= 0.3 is 0 Å².